The van der Waals surface area contributed by atoms with Gasteiger partial charge in [-0.2, -0.15) is 5.10 Å². The molecule has 0 spiro atoms. The first kappa shape index (κ1) is 14.7. The normalized spacial score (nSPS) is 20.4. The molecule has 1 aromatic carbocycles. The fourth-order valence-corrected chi connectivity index (χ4v) is 3.33. The average molecular weight is 338 g/mol. The van der Waals surface area contributed by atoms with Gasteiger partial charge < -0.3 is 9.64 Å². The first-order chi connectivity index (χ1) is 12.3. The van der Waals surface area contributed by atoms with Crippen molar-refractivity contribution in [1.29, 1.82) is 0 Å². The lowest BCUT2D eigenvalue weighted by Crippen LogP contribution is -2.20. The van der Waals surface area contributed by atoms with Crippen LogP contribution in [0.15, 0.2) is 36.5 Å². The van der Waals surface area contributed by atoms with Gasteiger partial charge in [0.15, 0.2) is 0 Å². The van der Waals surface area contributed by atoms with Crippen LogP contribution >= 0.6 is 0 Å². The van der Waals surface area contributed by atoms with E-state index in [0.717, 1.165) is 46.6 Å². The summed E-state index contributed by atoms with van der Waals surface area (Å²) in [5.74, 6) is 1.69. The van der Waals surface area contributed by atoms with Gasteiger partial charge in [-0.3, -0.25) is 5.10 Å². The van der Waals surface area contributed by atoms with Crippen molar-refractivity contribution in [3.63, 3.8) is 0 Å². The number of hydrogen-bond donors (Lipinski definition) is 1. The quantitative estimate of drug-likeness (QED) is 0.788. The van der Waals surface area contributed by atoms with Crippen LogP contribution in [0.4, 0.5) is 10.2 Å². The molecule has 2 fully saturated rings. The minimum Gasteiger partial charge on any atom is -0.490 e. The topological polar surface area (TPSA) is 54.0 Å². The Bertz CT molecular complexity index is 921. The number of H-pyrrole nitrogens is 1. The van der Waals surface area contributed by atoms with E-state index in [1.807, 2.05) is 35.2 Å². The first-order valence-electron chi connectivity index (χ1n) is 8.76. The zero-order chi connectivity index (χ0) is 16.8. The molecule has 25 heavy (non-hydrogen) atoms. The van der Waals surface area contributed by atoms with Crippen LogP contribution in [-0.4, -0.2) is 40.5 Å². The zero-order valence-electron chi connectivity index (χ0n) is 13.8. The maximum Gasteiger partial charge on any atom is 0.129 e. The van der Waals surface area contributed by atoms with E-state index in [1.54, 1.807) is 6.20 Å². The molecule has 1 aliphatic carbocycles. The van der Waals surface area contributed by atoms with Crippen molar-refractivity contribution in [3.05, 3.63) is 36.5 Å². The Labute approximate surface area is 144 Å². The van der Waals surface area contributed by atoms with Crippen molar-refractivity contribution in [3.8, 4) is 17.0 Å². The van der Waals surface area contributed by atoms with Crippen molar-refractivity contribution < 1.29 is 9.13 Å². The molecule has 2 aromatic heterocycles. The molecule has 0 amide bonds. The molecule has 0 bridgehead atoms. The smallest absolute Gasteiger partial charge is 0.129 e. The standard InChI is InChI=1S/C19H19FN4O/c20-13-6-8-24(11-13)18-9-12(5-7-21-18)19-16-10-15(25-14-1-2-14)3-4-17(16)22-23-19/h3-5,7,9-10,13-14H,1-2,6,8,11H2,(H,22,23)/t13-/m1/s1. The summed E-state index contributed by atoms with van der Waals surface area (Å²) < 4.78 is 19.4. The van der Waals surface area contributed by atoms with Crippen LogP contribution < -0.4 is 9.64 Å². The monoisotopic (exact) mass is 338 g/mol. The third-order valence-electron chi connectivity index (χ3n) is 4.84. The van der Waals surface area contributed by atoms with Gasteiger partial charge in [-0.1, -0.05) is 0 Å². The molecule has 1 aliphatic heterocycles. The third kappa shape index (κ3) is 2.81. The van der Waals surface area contributed by atoms with Gasteiger partial charge in [0.1, 0.15) is 23.4 Å². The number of alkyl halides is 1. The highest BCUT2D eigenvalue weighted by Crippen LogP contribution is 2.33. The van der Waals surface area contributed by atoms with Crippen LogP contribution in [-0.2, 0) is 0 Å². The highest BCUT2D eigenvalue weighted by molar-refractivity contribution is 5.94. The third-order valence-corrected chi connectivity index (χ3v) is 4.84. The van der Waals surface area contributed by atoms with E-state index in [-0.39, 0.29) is 0 Å². The Morgan fingerprint density at radius 1 is 1.16 bits per heavy atom. The molecular formula is C19H19FN4O. The van der Waals surface area contributed by atoms with Crippen molar-refractivity contribution >= 4 is 16.7 Å². The number of nitrogens with one attached hydrogen (secondary N) is 1. The largest absolute Gasteiger partial charge is 0.490 e. The summed E-state index contributed by atoms with van der Waals surface area (Å²) in [6.45, 7) is 1.12. The second kappa shape index (κ2) is 5.72. The second-order valence-corrected chi connectivity index (χ2v) is 6.83. The van der Waals surface area contributed by atoms with E-state index in [4.69, 9.17) is 4.74 Å². The molecule has 3 heterocycles. The van der Waals surface area contributed by atoms with Crippen LogP contribution in [0.3, 0.4) is 0 Å². The van der Waals surface area contributed by atoms with Gasteiger partial charge in [-0.25, -0.2) is 9.37 Å². The Hall–Kier alpha value is -2.63. The summed E-state index contributed by atoms with van der Waals surface area (Å²) in [5, 5.41) is 8.59. The maximum atomic E-state index is 13.5. The van der Waals surface area contributed by atoms with Crippen LogP contribution in [0, 0.1) is 0 Å². The van der Waals surface area contributed by atoms with Gasteiger partial charge in [0.05, 0.1) is 18.2 Å². The maximum absolute atomic E-state index is 13.5. The van der Waals surface area contributed by atoms with Crippen LogP contribution in [0.2, 0.25) is 0 Å². The summed E-state index contributed by atoms with van der Waals surface area (Å²) in [6.07, 6.45) is 4.20. The molecule has 0 unspecified atom stereocenters. The molecule has 2 aliphatic rings. The van der Waals surface area contributed by atoms with E-state index in [2.05, 4.69) is 15.2 Å². The van der Waals surface area contributed by atoms with E-state index < -0.39 is 6.17 Å². The van der Waals surface area contributed by atoms with Crippen molar-refractivity contribution in [1.82, 2.24) is 15.2 Å². The predicted molar refractivity (Wildman–Crippen MR) is 94.7 cm³/mol. The lowest BCUT2D eigenvalue weighted by atomic mass is 10.1. The minimum absolute atomic E-state index is 0.365. The molecule has 1 saturated carbocycles. The summed E-state index contributed by atoms with van der Waals surface area (Å²) in [6, 6.07) is 9.95. The van der Waals surface area contributed by atoms with Crippen LogP contribution in [0.25, 0.3) is 22.2 Å². The van der Waals surface area contributed by atoms with Gasteiger partial charge in [0, 0.05) is 23.7 Å². The first-order valence-corrected chi connectivity index (χ1v) is 8.76. The summed E-state index contributed by atoms with van der Waals surface area (Å²) >= 11 is 0. The van der Waals surface area contributed by atoms with Crippen LogP contribution in [0.5, 0.6) is 5.75 Å². The molecule has 5 rings (SSSR count). The number of aromatic amines is 1. The van der Waals surface area contributed by atoms with Gasteiger partial charge in [-0.15, -0.1) is 0 Å². The number of nitrogens with zero attached hydrogens (tertiary/aromatic N) is 3. The number of hydrogen-bond acceptors (Lipinski definition) is 4. The molecule has 3 aromatic rings. The number of aromatic nitrogens is 3. The number of anilines is 1. The lowest BCUT2D eigenvalue weighted by molar-refractivity contribution is 0.303. The fourth-order valence-electron chi connectivity index (χ4n) is 3.33. The SMILES string of the molecule is F[C@@H]1CCN(c2cc(-c3n[nH]c4ccc(OC5CC5)cc34)ccn2)C1. The molecule has 6 heteroatoms. The number of ether oxygens (including phenoxy) is 1. The average Bonchev–Trinajstić information content (AvgIpc) is 3.17. The van der Waals surface area contributed by atoms with Gasteiger partial charge in [0.25, 0.3) is 0 Å². The molecule has 128 valence electrons. The van der Waals surface area contributed by atoms with Crippen molar-refractivity contribution in [2.45, 2.75) is 31.5 Å². The van der Waals surface area contributed by atoms with E-state index in [1.165, 1.54) is 0 Å². The van der Waals surface area contributed by atoms with Gasteiger partial charge in [0.2, 0.25) is 0 Å². The van der Waals surface area contributed by atoms with Crippen LogP contribution in [0.1, 0.15) is 19.3 Å². The number of rotatable bonds is 4. The van der Waals surface area contributed by atoms with E-state index in [0.29, 0.717) is 25.6 Å². The Morgan fingerprint density at radius 3 is 2.88 bits per heavy atom. The lowest BCUT2D eigenvalue weighted by Gasteiger charge is -2.16. The second-order valence-electron chi connectivity index (χ2n) is 6.83. The Morgan fingerprint density at radius 2 is 2.08 bits per heavy atom. The molecule has 1 N–H and O–H groups in total. The number of benzene rings is 1. The minimum atomic E-state index is -0.765. The van der Waals surface area contributed by atoms with Crippen molar-refractivity contribution in [2.24, 2.45) is 0 Å². The fraction of sp³-hybridized carbons (Fsp3) is 0.368. The van der Waals surface area contributed by atoms with Gasteiger partial charge in [-0.05, 0) is 49.6 Å². The number of halogens is 1. The molecular weight excluding hydrogens is 319 g/mol. The molecule has 5 nitrogen and oxygen atoms in total. The highest BCUT2D eigenvalue weighted by Gasteiger charge is 2.24. The number of pyridine rings is 1. The van der Waals surface area contributed by atoms with E-state index >= 15 is 0 Å². The Kier molecular flexibility index (Phi) is 3.36. The number of fused-ring (bicyclic) bond motifs is 1. The van der Waals surface area contributed by atoms with Crippen molar-refractivity contribution in [2.75, 3.05) is 18.0 Å². The highest BCUT2D eigenvalue weighted by atomic mass is 19.1. The van der Waals surface area contributed by atoms with Gasteiger partial charge >= 0.3 is 0 Å². The Balaban J connectivity index is 1.51. The molecule has 1 saturated heterocycles. The predicted octanol–water partition coefficient (Wildman–Crippen LogP) is 3.71. The van der Waals surface area contributed by atoms with E-state index in [9.17, 15) is 4.39 Å². The summed E-state index contributed by atoms with van der Waals surface area (Å²) in [5.41, 5.74) is 2.82. The molecule has 1 atom stereocenters. The zero-order valence-corrected chi connectivity index (χ0v) is 13.8. The summed E-state index contributed by atoms with van der Waals surface area (Å²) in [4.78, 5) is 6.40. The molecule has 0 radical (unpaired) electrons. The summed E-state index contributed by atoms with van der Waals surface area (Å²) in [7, 11) is 0.